The first-order valence-corrected chi connectivity index (χ1v) is 21.7. The van der Waals surface area contributed by atoms with Gasteiger partial charge in [0.05, 0.1) is 41.0 Å². The van der Waals surface area contributed by atoms with E-state index in [4.69, 9.17) is 9.72 Å². The number of fused-ring (bicyclic) bond motifs is 9. The number of imide groups is 1. The summed E-state index contributed by atoms with van der Waals surface area (Å²) in [5, 5.41) is 13.0. The standard InChI is InChI=1S/C46H51F2N9O5/c1-25-6-5-15-62-45-34(23-49-55(45)3)38-19-29(16-26(2)50-38)43(60)54-46-52-37-11-9-28(20-39(37)57(46)24-25)42(59)51-30-21-31-7-4-8-32(22-30)56(31)14-13-27-17-35(47)41(36(48)18-27)33-10-12-40(58)53-44(33)61/h9,11,16-20,23,25,30-33H,4-8,10,12-15,21-22,24H2,1-3H3,(H,51,59)(H,52,54,60)(H,53,58,61)/t25-,30?,31?,32?,33-/m1/s1. The monoisotopic (exact) mass is 847 g/mol. The van der Waals surface area contributed by atoms with E-state index in [1.807, 2.05) is 30.7 Å². The topological polar surface area (TPSA) is 165 Å². The number of imidazole rings is 1. The third kappa shape index (κ3) is 8.31. The minimum absolute atomic E-state index is 0.0406. The Morgan fingerprint density at radius 2 is 1.73 bits per heavy atom. The second kappa shape index (κ2) is 17.0. The highest BCUT2D eigenvalue weighted by atomic mass is 19.1. The zero-order chi connectivity index (χ0) is 43.2. The molecule has 62 heavy (non-hydrogen) atoms. The van der Waals surface area contributed by atoms with Crippen LogP contribution in [-0.4, -0.2) is 84.1 Å². The number of aryl methyl sites for hydroxylation is 2. The lowest BCUT2D eigenvalue weighted by molar-refractivity contribution is -0.134. The number of nitrogens with zero attached hydrogens (tertiary/aromatic N) is 6. The minimum atomic E-state index is -1.03. The molecule has 3 aromatic heterocycles. The van der Waals surface area contributed by atoms with Gasteiger partial charge in [0.1, 0.15) is 11.6 Å². The fourth-order valence-electron chi connectivity index (χ4n) is 10.0. The van der Waals surface area contributed by atoms with Crippen LogP contribution >= 0.6 is 0 Å². The van der Waals surface area contributed by atoms with Crippen LogP contribution in [0.15, 0.2) is 48.7 Å². The zero-order valence-electron chi connectivity index (χ0n) is 35.2. The summed E-state index contributed by atoms with van der Waals surface area (Å²) in [6.45, 7) is 5.64. The summed E-state index contributed by atoms with van der Waals surface area (Å²) in [5.41, 5.74) is 4.53. The predicted octanol–water partition coefficient (Wildman–Crippen LogP) is 6.36. The highest BCUT2D eigenvalue weighted by Gasteiger charge is 2.39. The van der Waals surface area contributed by atoms with Crippen LogP contribution in [0.4, 0.5) is 14.7 Å². The predicted molar refractivity (Wildman–Crippen MR) is 227 cm³/mol. The fraction of sp³-hybridized carbons (Fsp3) is 0.457. The smallest absolute Gasteiger partial charge is 0.258 e. The van der Waals surface area contributed by atoms with Crippen LogP contribution in [0.5, 0.6) is 5.88 Å². The first-order chi connectivity index (χ1) is 29.9. The Labute approximate surface area is 357 Å². The van der Waals surface area contributed by atoms with Gasteiger partial charge in [0, 0.05) is 67.1 Å². The third-order valence-corrected chi connectivity index (χ3v) is 13.0. The molecule has 2 aromatic carbocycles. The van der Waals surface area contributed by atoms with Gasteiger partial charge in [-0.1, -0.05) is 13.3 Å². The molecule has 4 atom stereocenters. The number of hydrogen-bond donors (Lipinski definition) is 3. The number of piperidine rings is 3. The van der Waals surface area contributed by atoms with Crippen molar-refractivity contribution in [3.05, 3.63) is 88.2 Å². The second-order valence-electron chi connectivity index (χ2n) is 17.5. The van der Waals surface area contributed by atoms with Crippen molar-refractivity contribution in [2.45, 2.75) is 109 Å². The Morgan fingerprint density at radius 1 is 0.952 bits per heavy atom. The van der Waals surface area contributed by atoms with Crippen molar-refractivity contribution in [2.24, 2.45) is 13.0 Å². The maximum Gasteiger partial charge on any atom is 0.258 e. The van der Waals surface area contributed by atoms with Crippen LogP contribution in [0.3, 0.4) is 0 Å². The molecule has 7 heterocycles. The summed E-state index contributed by atoms with van der Waals surface area (Å²) < 4.78 is 40.5. The Kier molecular flexibility index (Phi) is 11.4. The van der Waals surface area contributed by atoms with Gasteiger partial charge >= 0.3 is 0 Å². The van der Waals surface area contributed by atoms with Crippen molar-refractivity contribution in [1.29, 1.82) is 0 Å². The van der Waals surface area contributed by atoms with Crippen molar-refractivity contribution in [3.8, 4) is 17.1 Å². The summed E-state index contributed by atoms with van der Waals surface area (Å²) in [6, 6.07) is 11.9. The van der Waals surface area contributed by atoms with Gasteiger partial charge in [-0.3, -0.25) is 39.7 Å². The van der Waals surface area contributed by atoms with Gasteiger partial charge < -0.3 is 14.6 Å². The first-order valence-electron chi connectivity index (χ1n) is 21.7. The van der Waals surface area contributed by atoms with E-state index in [2.05, 4.69) is 37.9 Å². The number of ether oxygens (including phenoxy) is 1. The Morgan fingerprint density at radius 3 is 2.48 bits per heavy atom. The van der Waals surface area contributed by atoms with Crippen molar-refractivity contribution in [2.75, 3.05) is 18.5 Å². The largest absolute Gasteiger partial charge is 0.477 e. The molecule has 2 unspecified atom stereocenters. The van der Waals surface area contributed by atoms with Crippen molar-refractivity contribution in [3.63, 3.8) is 0 Å². The lowest BCUT2D eigenvalue weighted by Gasteiger charge is -2.49. The number of amides is 4. The van der Waals surface area contributed by atoms with Gasteiger partial charge in [0.25, 0.3) is 11.8 Å². The molecule has 9 rings (SSSR count). The van der Waals surface area contributed by atoms with Crippen LogP contribution in [0, 0.1) is 24.5 Å². The molecule has 5 aromatic rings. The number of aromatic nitrogens is 5. The molecule has 3 fully saturated rings. The van der Waals surface area contributed by atoms with Crippen molar-refractivity contribution in [1.82, 2.24) is 39.8 Å². The molecule has 3 N–H and O–H groups in total. The quantitative estimate of drug-likeness (QED) is 0.165. The maximum atomic E-state index is 15.3. The summed E-state index contributed by atoms with van der Waals surface area (Å²) in [7, 11) is 1.82. The molecular weight excluding hydrogens is 797 g/mol. The fourth-order valence-corrected chi connectivity index (χ4v) is 10.0. The van der Waals surface area contributed by atoms with Gasteiger partial charge in [-0.25, -0.2) is 18.4 Å². The van der Waals surface area contributed by atoms with Gasteiger partial charge in [-0.05, 0) is 112 Å². The summed E-state index contributed by atoms with van der Waals surface area (Å²) in [5.74, 6) is -3.00. The SMILES string of the molecule is Cc1cc2cc(n1)-c1cnn(C)c1OCCC[C@@H](C)Cn1c(nc3ccc(C(=O)NC4CC5CCCC(C4)N5CCc4cc(F)c([C@H]5CCC(=O)NC5=O)c(F)c4)cc31)NC2=O. The van der Waals surface area contributed by atoms with Crippen molar-refractivity contribution >= 4 is 40.6 Å². The van der Waals surface area contributed by atoms with E-state index >= 15 is 8.78 Å². The van der Waals surface area contributed by atoms with E-state index in [1.165, 1.54) is 12.1 Å². The van der Waals surface area contributed by atoms with E-state index in [1.54, 1.807) is 29.1 Å². The number of anilines is 1. The van der Waals surface area contributed by atoms with Crippen LogP contribution in [-0.2, 0) is 29.6 Å². The summed E-state index contributed by atoms with van der Waals surface area (Å²) in [4.78, 5) is 63.8. The number of rotatable bonds is 6. The Bertz CT molecular complexity index is 2550. The highest BCUT2D eigenvalue weighted by Crippen LogP contribution is 2.36. The highest BCUT2D eigenvalue weighted by molar-refractivity contribution is 6.05. The maximum absolute atomic E-state index is 15.3. The van der Waals surface area contributed by atoms with Crippen molar-refractivity contribution < 1.29 is 32.7 Å². The molecule has 0 saturated carbocycles. The van der Waals surface area contributed by atoms with Gasteiger partial charge in [0.2, 0.25) is 23.6 Å². The van der Waals surface area contributed by atoms with Gasteiger partial charge in [-0.2, -0.15) is 5.10 Å². The average molecular weight is 848 g/mol. The van der Waals surface area contributed by atoms with E-state index in [9.17, 15) is 19.2 Å². The molecule has 4 aliphatic heterocycles. The molecule has 0 spiro atoms. The molecule has 4 amide bonds. The van der Waals surface area contributed by atoms with E-state index in [-0.39, 0.29) is 54.3 Å². The number of carbonyl (C=O) groups is 4. The Hall–Kier alpha value is -6.03. The van der Waals surface area contributed by atoms with Gasteiger partial charge in [0.15, 0.2) is 0 Å². The number of hydrogen-bond acceptors (Lipinski definition) is 9. The van der Waals surface area contributed by atoms with Crippen LogP contribution < -0.4 is 20.7 Å². The number of nitrogens with one attached hydrogen (secondary N) is 3. The van der Waals surface area contributed by atoms with E-state index < -0.39 is 29.4 Å². The molecule has 4 bridgehead atoms. The number of benzene rings is 2. The lowest BCUT2D eigenvalue weighted by atomic mass is 9.81. The van der Waals surface area contributed by atoms with Crippen LogP contribution in [0.25, 0.3) is 22.3 Å². The summed E-state index contributed by atoms with van der Waals surface area (Å²) >= 11 is 0. The van der Waals surface area contributed by atoms with Crippen LogP contribution in [0.2, 0.25) is 0 Å². The molecule has 14 nitrogen and oxygen atoms in total. The molecule has 16 heteroatoms. The summed E-state index contributed by atoms with van der Waals surface area (Å²) in [6.07, 6.45) is 8.42. The number of pyridine rings is 1. The molecule has 3 saturated heterocycles. The molecule has 324 valence electrons. The molecule has 0 radical (unpaired) electrons. The Balaban J connectivity index is 0.893. The minimum Gasteiger partial charge on any atom is -0.477 e. The normalized spacial score (nSPS) is 23.3. The molecule has 0 aliphatic carbocycles. The van der Waals surface area contributed by atoms with E-state index in [0.29, 0.717) is 77.1 Å². The molecular formula is C46H51F2N9O5. The number of halogens is 2. The zero-order valence-corrected chi connectivity index (χ0v) is 35.2. The number of carbonyl (C=O) groups excluding carboxylic acids is 4. The lowest BCUT2D eigenvalue weighted by Crippen LogP contribution is -2.57. The second-order valence-corrected chi connectivity index (χ2v) is 17.5. The first kappa shape index (κ1) is 41.3. The van der Waals surface area contributed by atoms with E-state index in [0.717, 1.165) is 50.5 Å². The average Bonchev–Trinajstić information content (AvgIpc) is 3.76. The van der Waals surface area contributed by atoms with Gasteiger partial charge in [-0.15, -0.1) is 0 Å². The molecule has 4 aliphatic rings. The third-order valence-electron chi connectivity index (χ3n) is 13.0. The van der Waals surface area contributed by atoms with Crippen LogP contribution in [0.1, 0.15) is 108 Å².